The van der Waals surface area contributed by atoms with E-state index >= 15 is 0 Å². The predicted molar refractivity (Wildman–Crippen MR) is 96.5 cm³/mol. The second-order valence-corrected chi connectivity index (χ2v) is 8.97. The Bertz CT molecular complexity index is 797. The van der Waals surface area contributed by atoms with Gasteiger partial charge >= 0.3 is 5.97 Å². The minimum Gasteiger partial charge on any atom is -0.479 e. The Hall–Kier alpha value is -1.97. The molecule has 1 aromatic rings. The largest absolute Gasteiger partial charge is 0.479 e. The summed E-state index contributed by atoms with van der Waals surface area (Å²) in [6, 6.07) is 8.17. The summed E-state index contributed by atoms with van der Waals surface area (Å²) in [6.07, 6.45) is -0.254. The molecule has 1 N–H and O–H groups in total. The fourth-order valence-corrected chi connectivity index (χ4v) is 5.17. The highest BCUT2D eigenvalue weighted by atomic mass is 32.2. The van der Waals surface area contributed by atoms with Crippen molar-refractivity contribution in [2.45, 2.75) is 36.9 Å². The molecule has 1 amide bonds. The molecular weight excluding hydrogens is 372 g/mol. The van der Waals surface area contributed by atoms with Gasteiger partial charge in [-0.05, 0) is 31.9 Å². The Labute approximate surface area is 158 Å². The maximum atomic E-state index is 12.9. The number of piperidine rings is 1. The van der Waals surface area contributed by atoms with Gasteiger partial charge in [0.2, 0.25) is 15.9 Å². The zero-order valence-electron chi connectivity index (χ0n) is 15.2. The average Bonchev–Trinajstić information content (AvgIpc) is 2.67. The van der Waals surface area contributed by atoms with E-state index in [9.17, 15) is 23.1 Å². The number of sulfonamides is 1. The number of carboxylic acids is 1. The standard InChI is InChI=1S/C18H24N2O6S/c1-13-10-19(12-16(26-13)18(22)23)17(21)14-6-5-9-20(11-14)27(24,25)15-7-3-2-4-8-15/h2-4,7-8,13-14,16H,5-6,9-12H2,1H3,(H,22,23)/t13-,14?,16?/m1/s1. The van der Waals surface area contributed by atoms with E-state index in [0.717, 1.165) is 0 Å². The summed E-state index contributed by atoms with van der Waals surface area (Å²) >= 11 is 0. The van der Waals surface area contributed by atoms with Crippen LogP contribution in [-0.4, -0.2) is 73.0 Å². The van der Waals surface area contributed by atoms with Gasteiger partial charge in [0, 0.05) is 19.6 Å². The minimum absolute atomic E-state index is 0.0135. The first-order valence-electron chi connectivity index (χ1n) is 9.01. The van der Waals surface area contributed by atoms with E-state index in [1.165, 1.54) is 9.21 Å². The number of hydrogen-bond acceptors (Lipinski definition) is 5. The van der Waals surface area contributed by atoms with Crippen molar-refractivity contribution < 1.29 is 27.9 Å². The summed E-state index contributed by atoms with van der Waals surface area (Å²) in [6.45, 7) is 2.51. The van der Waals surface area contributed by atoms with E-state index in [1.54, 1.807) is 37.3 Å². The zero-order valence-corrected chi connectivity index (χ0v) is 16.0. The van der Waals surface area contributed by atoms with Crippen LogP contribution in [0.4, 0.5) is 0 Å². The molecule has 0 aromatic heterocycles. The van der Waals surface area contributed by atoms with Gasteiger partial charge in [0.15, 0.2) is 6.10 Å². The van der Waals surface area contributed by atoms with Crippen LogP contribution < -0.4 is 0 Å². The lowest BCUT2D eigenvalue weighted by Gasteiger charge is -2.39. The molecule has 3 atom stereocenters. The van der Waals surface area contributed by atoms with Crippen molar-refractivity contribution in [2.24, 2.45) is 5.92 Å². The third-order valence-corrected chi connectivity index (χ3v) is 6.84. The number of carboxylic acid groups (broad SMARTS) is 1. The summed E-state index contributed by atoms with van der Waals surface area (Å²) in [5.41, 5.74) is 0. The molecule has 27 heavy (non-hydrogen) atoms. The molecule has 0 bridgehead atoms. The molecule has 9 heteroatoms. The molecule has 2 aliphatic heterocycles. The molecule has 2 fully saturated rings. The van der Waals surface area contributed by atoms with Crippen LogP contribution in [0, 0.1) is 5.92 Å². The maximum absolute atomic E-state index is 12.9. The van der Waals surface area contributed by atoms with Crippen LogP contribution in [0.15, 0.2) is 35.2 Å². The normalized spacial score (nSPS) is 27.3. The summed E-state index contributed by atoms with van der Waals surface area (Å²) in [7, 11) is -3.65. The molecule has 148 valence electrons. The fraction of sp³-hybridized carbons (Fsp3) is 0.556. The topological polar surface area (TPSA) is 104 Å². The summed E-state index contributed by atoms with van der Waals surface area (Å²) in [5, 5.41) is 9.19. The smallest absolute Gasteiger partial charge is 0.334 e. The van der Waals surface area contributed by atoms with E-state index in [0.29, 0.717) is 25.9 Å². The van der Waals surface area contributed by atoms with E-state index < -0.39 is 28.0 Å². The fourth-order valence-electron chi connectivity index (χ4n) is 3.63. The van der Waals surface area contributed by atoms with Crippen LogP contribution in [0.5, 0.6) is 0 Å². The molecule has 2 unspecified atom stereocenters. The molecule has 0 spiro atoms. The van der Waals surface area contributed by atoms with Gasteiger partial charge in [-0.2, -0.15) is 4.31 Å². The van der Waals surface area contributed by atoms with Crippen LogP contribution in [0.2, 0.25) is 0 Å². The van der Waals surface area contributed by atoms with Crippen molar-refractivity contribution in [2.75, 3.05) is 26.2 Å². The molecule has 0 saturated carbocycles. The summed E-state index contributed by atoms with van der Waals surface area (Å²) in [4.78, 5) is 25.9. The van der Waals surface area contributed by atoms with Crippen molar-refractivity contribution in [1.29, 1.82) is 0 Å². The number of hydrogen-bond donors (Lipinski definition) is 1. The van der Waals surface area contributed by atoms with Crippen LogP contribution in [-0.2, 0) is 24.3 Å². The van der Waals surface area contributed by atoms with E-state index in [4.69, 9.17) is 4.74 Å². The summed E-state index contributed by atoms with van der Waals surface area (Å²) < 4.78 is 32.4. The Morgan fingerprint density at radius 2 is 1.85 bits per heavy atom. The Morgan fingerprint density at radius 1 is 1.15 bits per heavy atom. The number of nitrogens with zero attached hydrogens (tertiary/aromatic N) is 2. The first kappa shape index (κ1) is 19.8. The average molecular weight is 396 g/mol. The van der Waals surface area contributed by atoms with Gasteiger partial charge in [-0.15, -0.1) is 0 Å². The van der Waals surface area contributed by atoms with Crippen molar-refractivity contribution in [1.82, 2.24) is 9.21 Å². The molecule has 3 rings (SSSR count). The Kier molecular flexibility index (Phi) is 5.83. The third-order valence-electron chi connectivity index (χ3n) is 4.96. The second-order valence-electron chi connectivity index (χ2n) is 7.03. The molecule has 0 aliphatic carbocycles. The quantitative estimate of drug-likeness (QED) is 0.807. The highest BCUT2D eigenvalue weighted by Crippen LogP contribution is 2.26. The number of aliphatic carboxylic acids is 1. The number of ether oxygens (including phenoxy) is 1. The SMILES string of the molecule is C[C@@H]1CN(C(=O)C2CCCN(S(=O)(=O)c3ccccc3)C2)CC(C(=O)O)O1. The first-order valence-corrected chi connectivity index (χ1v) is 10.5. The van der Waals surface area contributed by atoms with Gasteiger partial charge in [0.05, 0.1) is 23.5 Å². The van der Waals surface area contributed by atoms with Crippen molar-refractivity contribution in [3.05, 3.63) is 30.3 Å². The first-order chi connectivity index (χ1) is 12.8. The highest BCUT2D eigenvalue weighted by molar-refractivity contribution is 7.89. The van der Waals surface area contributed by atoms with Crippen molar-refractivity contribution in [3.8, 4) is 0 Å². The Morgan fingerprint density at radius 3 is 2.52 bits per heavy atom. The van der Waals surface area contributed by atoms with Gasteiger partial charge in [0.25, 0.3) is 0 Å². The van der Waals surface area contributed by atoms with Gasteiger partial charge in [0.1, 0.15) is 0 Å². The monoisotopic (exact) mass is 396 g/mol. The maximum Gasteiger partial charge on any atom is 0.334 e. The van der Waals surface area contributed by atoms with Crippen LogP contribution in [0.3, 0.4) is 0 Å². The molecule has 1 aromatic carbocycles. The van der Waals surface area contributed by atoms with E-state index in [-0.39, 0.29) is 30.0 Å². The van der Waals surface area contributed by atoms with E-state index in [2.05, 4.69) is 0 Å². The van der Waals surface area contributed by atoms with E-state index in [1.807, 2.05) is 0 Å². The second kappa shape index (κ2) is 7.95. The number of benzene rings is 1. The number of carbonyl (C=O) groups is 2. The molecule has 0 radical (unpaired) electrons. The lowest BCUT2D eigenvalue weighted by Crippen LogP contribution is -2.55. The van der Waals surface area contributed by atoms with Crippen LogP contribution in [0.1, 0.15) is 19.8 Å². The molecular formula is C18H24N2O6S. The number of amides is 1. The summed E-state index contributed by atoms with van der Waals surface area (Å²) in [5.74, 6) is -1.78. The number of morpholine rings is 1. The number of rotatable bonds is 4. The van der Waals surface area contributed by atoms with Crippen molar-refractivity contribution >= 4 is 21.9 Å². The molecule has 2 heterocycles. The predicted octanol–water partition coefficient (Wildman–Crippen LogP) is 0.788. The van der Waals surface area contributed by atoms with Gasteiger partial charge in [-0.25, -0.2) is 13.2 Å². The van der Waals surface area contributed by atoms with Gasteiger partial charge in [-0.1, -0.05) is 18.2 Å². The van der Waals surface area contributed by atoms with Crippen molar-refractivity contribution in [3.63, 3.8) is 0 Å². The minimum atomic E-state index is -3.65. The van der Waals surface area contributed by atoms with Crippen LogP contribution in [0.25, 0.3) is 0 Å². The molecule has 8 nitrogen and oxygen atoms in total. The lowest BCUT2D eigenvalue weighted by atomic mass is 9.97. The lowest BCUT2D eigenvalue weighted by molar-refractivity contribution is -0.168. The molecule has 2 saturated heterocycles. The third kappa shape index (κ3) is 4.31. The van der Waals surface area contributed by atoms with Gasteiger partial charge < -0.3 is 14.7 Å². The Balaban J connectivity index is 1.72. The van der Waals surface area contributed by atoms with Crippen LogP contribution >= 0.6 is 0 Å². The zero-order chi connectivity index (χ0) is 19.6. The molecule has 2 aliphatic rings. The number of carbonyl (C=O) groups excluding carboxylic acids is 1. The van der Waals surface area contributed by atoms with Gasteiger partial charge in [-0.3, -0.25) is 4.79 Å². The highest BCUT2D eigenvalue weighted by Gasteiger charge is 2.38.